The molecule has 104 valence electrons. The number of carbonyl (C=O) groups excluding carboxylic acids is 1. The fourth-order valence-corrected chi connectivity index (χ4v) is 4.57. The van der Waals surface area contributed by atoms with Crippen molar-refractivity contribution in [3.8, 4) is 0 Å². The molecule has 4 unspecified atom stereocenters. The first-order valence-electron chi connectivity index (χ1n) is 7.30. The lowest BCUT2D eigenvalue weighted by Gasteiger charge is -2.33. The zero-order valence-corrected chi connectivity index (χ0v) is 12.5. The highest BCUT2D eigenvalue weighted by molar-refractivity contribution is 7.10. The van der Waals surface area contributed by atoms with Crippen molar-refractivity contribution in [1.82, 2.24) is 10.2 Å². The van der Waals surface area contributed by atoms with Crippen molar-refractivity contribution in [3.63, 3.8) is 0 Å². The van der Waals surface area contributed by atoms with Crippen molar-refractivity contribution < 1.29 is 4.79 Å². The minimum atomic E-state index is 0.107. The number of nitrogens with one attached hydrogen (secondary N) is 1. The minimum absolute atomic E-state index is 0.107. The second kappa shape index (κ2) is 5.25. The Labute approximate surface area is 119 Å². The lowest BCUT2D eigenvalue weighted by molar-refractivity contribution is -0.131. The highest BCUT2D eigenvalue weighted by Gasteiger charge is 2.43. The Kier molecular flexibility index (Phi) is 3.63. The monoisotopic (exact) mass is 278 g/mol. The lowest BCUT2D eigenvalue weighted by Crippen LogP contribution is -2.41. The Morgan fingerprint density at radius 3 is 2.95 bits per heavy atom. The molecule has 1 saturated carbocycles. The summed E-state index contributed by atoms with van der Waals surface area (Å²) in [6.07, 6.45) is 3.77. The van der Waals surface area contributed by atoms with Gasteiger partial charge in [-0.05, 0) is 36.1 Å². The minimum Gasteiger partial charge on any atom is -0.318 e. The Bertz CT molecular complexity index is 445. The number of amides is 1. The number of nitrogens with zero attached hydrogens (tertiary/aromatic N) is 1. The molecule has 2 fully saturated rings. The average molecular weight is 278 g/mol. The molecule has 4 heteroatoms. The van der Waals surface area contributed by atoms with Crippen LogP contribution in [0.4, 0.5) is 0 Å². The summed E-state index contributed by atoms with van der Waals surface area (Å²) in [7, 11) is 0. The number of thiophene rings is 1. The molecule has 2 aliphatic rings. The molecule has 0 radical (unpaired) electrons. The molecule has 0 spiro atoms. The van der Waals surface area contributed by atoms with E-state index in [9.17, 15) is 4.79 Å². The molecule has 0 aromatic carbocycles. The summed E-state index contributed by atoms with van der Waals surface area (Å²) < 4.78 is 0. The molecule has 1 N–H and O–H groups in total. The summed E-state index contributed by atoms with van der Waals surface area (Å²) in [5.41, 5.74) is 0. The van der Waals surface area contributed by atoms with Crippen LogP contribution in [0.2, 0.25) is 0 Å². The first-order chi connectivity index (χ1) is 9.22. The molecule has 0 bridgehead atoms. The van der Waals surface area contributed by atoms with Gasteiger partial charge in [0, 0.05) is 10.9 Å². The number of hydrogen-bond acceptors (Lipinski definition) is 3. The normalized spacial score (nSPS) is 35.3. The van der Waals surface area contributed by atoms with E-state index >= 15 is 0 Å². The molecule has 3 rings (SSSR count). The predicted octanol–water partition coefficient (Wildman–Crippen LogP) is 3.00. The van der Waals surface area contributed by atoms with Crippen LogP contribution in [0.25, 0.3) is 0 Å². The average Bonchev–Trinajstić information content (AvgIpc) is 3.09. The topological polar surface area (TPSA) is 32.3 Å². The first kappa shape index (κ1) is 13.1. The van der Waals surface area contributed by atoms with Crippen LogP contribution in [0.3, 0.4) is 0 Å². The second-order valence-corrected chi connectivity index (χ2v) is 6.75. The van der Waals surface area contributed by atoms with E-state index in [0.29, 0.717) is 18.5 Å². The van der Waals surface area contributed by atoms with E-state index in [1.165, 1.54) is 17.7 Å². The van der Waals surface area contributed by atoms with Crippen LogP contribution in [0, 0.1) is 11.8 Å². The van der Waals surface area contributed by atoms with E-state index in [4.69, 9.17) is 0 Å². The maximum atomic E-state index is 12.3. The van der Waals surface area contributed by atoms with Crippen LogP contribution in [0.5, 0.6) is 0 Å². The summed E-state index contributed by atoms with van der Waals surface area (Å²) >= 11 is 1.74. The maximum Gasteiger partial charge on any atom is 0.238 e. The van der Waals surface area contributed by atoms with Crippen molar-refractivity contribution in [2.24, 2.45) is 11.8 Å². The van der Waals surface area contributed by atoms with E-state index in [1.54, 1.807) is 11.3 Å². The summed E-state index contributed by atoms with van der Waals surface area (Å²) in [5, 5.41) is 5.46. The SMILES string of the molecule is CCC1CCC(N2C(=O)CNC2c2cccs2)C1C. The third-order valence-electron chi connectivity index (χ3n) is 4.89. The molecular weight excluding hydrogens is 256 g/mol. The molecule has 1 aliphatic carbocycles. The Morgan fingerprint density at radius 1 is 1.47 bits per heavy atom. The van der Waals surface area contributed by atoms with Crippen LogP contribution in [-0.4, -0.2) is 23.4 Å². The van der Waals surface area contributed by atoms with Crippen LogP contribution in [0.15, 0.2) is 17.5 Å². The van der Waals surface area contributed by atoms with E-state index in [2.05, 4.69) is 41.6 Å². The van der Waals surface area contributed by atoms with Crippen molar-refractivity contribution in [1.29, 1.82) is 0 Å². The standard InChI is InChI=1S/C15H22N2OS/c1-3-11-6-7-12(10(11)2)17-14(18)9-16-15(17)13-5-4-8-19-13/h4-5,8,10-12,15-16H,3,6-7,9H2,1-2H3. The Balaban J connectivity index is 1.83. The van der Waals surface area contributed by atoms with Gasteiger partial charge in [0.25, 0.3) is 0 Å². The summed E-state index contributed by atoms with van der Waals surface area (Å²) in [4.78, 5) is 15.7. The van der Waals surface area contributed by atoms with Crippen molar-refractivity contribution in [3.05, 3.63) is 22.4 Å². The molecule has 2 heterocycles. The van der Waals surface area contributed by atoms with Gasteiger partial charge in [0.2, 0.25) is 5.91 Å². The summed E-state index contributed by atoms with van der Waals surface area (Å²) in [5.74, 6) is 1.67. The Morgan fingerprint density at radius 2 is 2.32 bits per heavy atom. The summed E-state index contributed by atoms with van der Waals surface area (Å²) in [6.45, 7) is 5.08. The van der Waals surface area contributed by atoms with E-state index in [0.717, 1.165) is 12.3 Å². The van der Waals surface area contributed by atoms with Crippen molar-refractivity contribution >= 4 is 17.2 Å². The number of rotatable bonds is 3. The third-order valence-corrected chi connectivity index (χ3v) is 5.82. The van der Waals surface area contributed by atoms with Gasteiger partial charge in [0.15, 0.2) is 0 Å². The molecule has 3 nitrogen and oxygen atoms in total. The van der Waals surface area contributed by atoms with E-state index in [1.807, 2.05) is 0 Å². The van der Waals surface area contributed by atoms with Gasteiger partial charge in [-0.25, -0.2) is 0 Å². The van der Waals surface area contributed by atoms with Gasteiger partial charge >= 0.3 is 0 Å². The fourth-order valence-electron chi connectivity index (χ4n) is 3.77. The molecular formula is C15H22N2OS. The van der Waals surface area contributed by atoms with Gasteiger partial charge in [-0.1, -0.05) is 26.3 Å². The molecule has 1 amide bonds. The quantitative estimate of drug-likeness (QED) is 0.922. The molecule has 1 saturated heterocycles. The van der Waals surface area contributed by atoms with Crippen LogP contribution >= 0.6 is 11.3 Å². The molecule has 4 atom stereocenters. The van der Waals surface area contributed by atoms with E-state index < -0.39 is 0 Å². The van der Waals surface area contributed by atoms with Crippen LogP contribution in [0.1, 0.15) is 44.2 Å². The molecule has 19 heavy (non-hydrogen) atoms. The lowest BCUT2D eigenvalue weighted by atomic mass is 9.93. The third kappa shape index (κ3) is 2.21. The fraction of sp³-hybridized carbons (Fsp3) is 0.667. The van der Waals surface area contributed by atoms with Gasteiger partial charge < -0.3 is 4.90 Å². The van der Waals surface area contributed by atoms with Gasteiger partial charge in [0.1, 0.15) is 6.17 Å². The molecule has 1 aliphatic heterocycles. The largest absolute Gasteiger partial charge is 0.318 e. The molecule has 1 aromatic heterocycles. The van der Waals surface area contributed by atoms with Crippen LogP contribution in [-0.2, 0) is 4.79 Å². The van der Waals surface area contributed by atoms with Gasteiger partial charge in [-0.2, -0.15) is 0 Å². The van der Waals surface area contributed by atoms with Gasteiger partial charge in [0.05, 0.1) is 6.54 Å². The van der Waals surface area contributed by atoms with Crippen molar-refractivity contribution in [2.75, 3.05) is 6.54 Å². The smallest absolute Gasteiger partial charge is 0.238 e. The van der Waals surface area contributed by atoms with Gasteiger partial charge in [-0.3, -0.25) is 10.1 Å². The second-order valence-electron chi connectivity index (χ2n) is 5.77. The summed E-state index contributed by atoms with van der Waals surface area (Å²) in [6, 6.07) is 4.61. The number of hydrogen-bond donors (Lipinski definition) is 1. The number of carbonyl (C=O) groups is 1. The Hall–Kier alpha value is -0.870. The highest BCUT2D eigenvalue weighted by atomic mass is 32.1. The zero-order chi connectivity index (χ0) is 13.4. The van der Waals surface area contributed by atoms with Crippen molar-refractivity contribution in [2.45, 2.75) is 45.3 Å². The van der Waals surface area contributed by atoms with Gasteiger partial charge in [-0.15, -0.1) is 11.3 Å². The maximum absolute atomic E-state index is 12.3. The predicted molar refractivity (Wildman–Crippen MR) is 77.9 cm³/mol. The zero-order valence-electron chi connectivity index (χ0n) is 11.6. The molecule has 1 aromatic rings. The highest BCUT2D eigenvalue weighted by Crippen LogP contribution is 2.41. The van der Waals surface area contributed by atoms with Crippen LogP contribution < -0.4 is 5.32 Å². The van der Waals surface area contributed by atoms with E-state index in [-0.39, 0.29) is 12.1 Å². The first-order valence-corrected chi connectivity index (χ1v) is 8.18.